The van der Waals surface area contributed by atoms with Gasteiger partial charge in [-0.2, -0.15) is 0 Å². The Morgan fingerprint density at radius 2 is 2.08 bits per heavy atom. The molecule has 1 heteroatoms. The molecule has 0 unspecified atom stereocenters. The van der Waals surface area contributed by atoms with Gasteiger partial charge in [-0.25, -0.2) is 0 Å². The quantitative estimate of drug-likeness (QED) is 0.507. The summed E-state index contributed by atoms with van der Waals surface area (Å²) in [5.41, 5.74) is 0. The van der Waals surface area contributed by atoms with Crippen molar-refractivity contribution < 1.29 is 0 Å². The minimum absolute atomic E-state index is 0.709. The van der Waals surface area contributed by atoms with E-state index in [1.807, 2.05) is 6.08 Å². The summed E-state index contributed by atoms with van der Waals surface area (Å²) in [6.45, 7) is 7.16. The second-order valence-corrected chi connectivity index (χ2v) is 4.22. The Bertz CT molecular complexity index is 136. The molecule has 0 amide bonds. The van der Waals surface area contributed by atoms with Gasteiger partial charge >= 0.3 is 0 Å². The molecule has 1 nitrogen and oxygen atoms in total. The van der Waals surface area contributed by atoms with Gasteiger partial charge in [0, 0.05) is 6.04 Å². The summed E-state index contributed by atoms with van der Waals surface area (Å²) in [5.74, 6) is 0.929. The van der Waals surface area contributed by atoms with E-state index in [0.717, 1.165) is 18.9 Å². The van der Waals surface area contributed by atoms with E-state index in [1.165, 1.54) is 32.1 Å². The standard InChI is InChI=1S/C12H23N/c1-3-4-10-13-11(2)12-8-6-5-7-9-12/h3,11-13H,1,4-10H2,2H3/t11-/m1/s1. The molecule has 1 N–H and O–H groups in total. The van der Waals surface area contributed by atoms with Crippen molar-refractivity contribution in [2.75, 3.05) is 6.54 Å². The first-order chi connectivity index (χ1) is 6.34. The Balaban J connectivity index is 2.13. The summed E-state index contributed by atoms with van der Waals surface area (Å²) in [6.07, 6.45) is 10.3. The summed E-state index contributed by atoms with van der Waals surface area (Å²) in [4.78, 5) is 0. The van der Waals surface area contributed by atoms with Gasteiger partial charge < -0.3 is 5.32 Å². The van der Waals surface area contributed by atoms with E-state index in [9.17, 15) is 0 Å². The fraction of sp³-hybridized carbons (Fsp3) is 0.833. The summed E-state index contributed by atoms with van der Waals surface area (Å²) in [7, 11) is 0. The van der Waals surface area contributed by atoms with E-state index in [4.69, 9.17) is 0 Å². The minimum Gasteiger partial charge on any atom is -0.314 e. The highest BCUT2D eigenvalue weighted by molar-refractivity contribution is 4.77. The van der Waals surface area contributed by atoms with Gasteiger partial charge in [0.05, 0.1) is 0 Å². The lowest BCUT2D eigenvalue weighted by molar-refractivity contribution is 0.283. The van der Waals surface area contributed by atoms with Crippen molar-refractivity contribution >= 4 is 0 Å². The Labute approximate surface area is 82.6 Å². The van der Waals surface area contributed by atoms with Crippen LogP contribution in [-0.4, -0.2) is 12.6 Å². The fourth-order valence-electron chi connectivity index (χ4n) is 2.21. The second kappa shape index (κ2) is 6.20. The van der Waals surface area contributed by atoms with Gasteiger partial charge in [0.1, 0.15) is 0 Å². The maximum atomic E-state index is 3.73. The maximum Gasteiger partial charge on any atom is 0.00671 e. The lowest BCUT2D eigenvalue weighted by Crippen LogP contribution is -2.35. The molecule has 1 saturated carbocycles. The van der Waals surface area contributed by atoms with Crippen molar-refractivity contribution in [3.8, 4) is 0 Å². The van der Waals surface area contributed by atoms with Crippen LogP contribution in [0.5, 0.6) is 0 Å². The van der Waals surface area contributed by atoms with Crippen molar-refractivity contribution in [3.05, 3.63) is 12.7 Å². The van der Waals surface area contributed by atoms with Gasteiger partial charge in [-0.15, -0.1) is 6.58 Å². The van der Waals surface area contributed by atoms with Crippen molar-refractivity contribution in [2.24, 2.45) is 5.92 Å². The highest BCUT2D eigenvalue weighted by Gasteiger charge is 2.18. The Hall–Kier alpha value is -0.300. The molecule has 0 heterocycles. The first-order valence-corrected chi connectivity index (χ1v) is 5.69. The van der Waals surface area contributed by atoms with E-state index in [1.54, 1.807) is 0 Å². The Morgan fingerprint density at radius 3 is 2.69 bits per heavy atom. The van der Waals surface area contributed by atoms with Crippen molar-refractivity contribution in [1.82, 2.24) is 5.32 Å². The highest BCUT2D eigenvalue weighted by atomic mass is 14.9. The molecule has 0 aliphatic heterocycles. The van der Waals surface area contributed by atoms with Crippen LogP contribution >= 0.6 is 0 Å². The van der Waals surface area contributed by atoms with Gasteiger partial charge in [-0.05, 0) is 38.6 Å². The number of rotatable bonds is 5. The molecule has 0 aromatic rings. The molecule has 0 aromatic heterocycles. The van der Waals surface area contributed by atoms with Crippen LogP contribution in [0.15, 0.2) is 12.7 Å². The van der Waals surface area contributed by atoms with E-state index in [2.05, 4.69) is 18.8 Å². The van der Waals surface area contributed by atoms with E-state index in [-0.39, 0.29) is 0 Å². The topological polar surface area (TPSA) is 12.0 Å². The van der Waals surface area contributed by atoms with Crippen molar-refractivity contribution in [3.63, 3.8) is 0 Å². The van der Waals surface area contributed by atoms with Crippen LogP contribution in [0.2, 0.25) is 0 Å². The van der Waals surface area contributed by atoms with E-state index in [0.29, 0.717) is 6.04 Å². The SMILES string of the molecule is C=CCCN[C@H](C)C1CCCCC1. The van der Waals surface area contributed by atoms with Crippen LogP contribution in [0, 0.1) is 5.92 Å². The first-order valence-electron chi connectivity index (χ1n) is 5.69. The maximum absolute atomic E-state index is 3.73. The third-order valence-electron chi connectivity index (χ3n) is 3.17. The normalized spacial score (nSPS) is 21.3. The molecule has 76 valence electrons. The van der Waals surface area contributed by atoms with Gasteiger partial charge in [-0.3, -0.25) is 0 Å². The van der Waals surface area contributed by atoms with E-state index >= 15 is 0 Å². The molecule has 1 rings (SSSR count). The smallest absolute Gasteiger partial charge is 0.00671 e. The predicted molar refractivity (Wildman–Crippen MR) is 58.9 cm³/mol. The summed E-state index contributed by atoms with van der Waals surface area (Å²) >= 11 is 0. The molecular formula is C12H23N. The van der Waals surface area contributed by atoms with Crippen LogP contribution in [0.1, 0.15) is 45.4 Å². The monoisotopic (exact) mass is 181 g/mol. The van der Waals surface area contributed by atoms with Gasteiger partial charge in [0.2, 0.25) is 0 Å². The number of hydrogen-bond donors (Lipinski definition) is 1. The fourth-order valence-corrected chi connectivity index (χ4v) is 2.21. The molecule has 1 fully saturated rings. The lowest BCUT2D eigenvalue weighted by Gasteiger charge is -2.28. The van der Waals surface area contributed by atoms with Crippen LogP contribution in [0.4, 0.5) is 0 Å². The minimum atomic E-state index is 0.709. The zero-order valence-corrected chi connectivity index (χ0v) is 8.89. The molecule has 13 heavy (non-hydrogen) atoms. The van der Waals surface area contributed by atoms with Gasteiger partial charge in [-0.1, -0.05) is 25.3 Å². The number of hydrogen-bond acceptors (Lipinski definition) is 1. The molecule has 1 aliphatic rings. The lowest BCUT2D eigenvalue weighted by atomic mass is 9.84. The van der Waals surface area contributed by atoms with Crippen molar-refractivity contribution in [2.45, 2.75) is 51.5 Å². The highest BCUT2D eigenvalue weighted by Crippen LogP contribution is 2.26. The molecule has 1 atom stereocenters. The van der Waals surface area contributed by atoms with Crippen LogP contribution in [0.3, 0.4) is 0 Å². The Morgan fingerprint density at radius 1 is 1.38 bits per heavy atom. The van der Waals surface area contributed by atoms with Gasteiger partial charge in [0.15, 0.2) is 0 Å². The number of nitrogens with one attached hydrogen (secondary N) is 1. The molecule has 0 aromatic carbocycles. The zero-order chi connectivity index (χ0) is 9.52. The molecule has 0 bridgehead atoms. The zero-order valence-electron chi connectivity index (χ0n) is 8.89. The average molecular weight is 181 g/mol. The summed E-state index contributed by atoms with van der Waals surface area (Å²) < 4.78 is 0. The average Bonchev–Trinajstić information content (AvgIpc) is 2.19. The van der Waals surface area contributed by atoms with E-state index < -0.39 is 0 Å². The largest absolute Gasteiger partial charge is 0.314 e. The van der Waals surface area contributed by atoms with Crippen molar-refractivity contribution in [1.29, 1.82) is 0 Å². The molecule has 0 spiro atoms. The summed E-state index contributed by atoms with van der Waals surface area (Å²) in [6, 6.07) is 0.709. The van der Waals surface area contributed by atoms with Gasteiger partial charge in [0.25, 0.3) is 0 Å². The molecule has 1 aliphatic carbocycles. The molecule has 0 radical (unpaired) electrons. The third kappa shape index (κ3) is 3.95. The molecule has 0 saturated heterocycles. The predicted octanol–water partition coefficient (Wildman–Crippen LogP) is 3.12. The van der Waals surface area contributed by atoms with Crippen LogP contribution in [0.25, 0.3) is 0 Å². The second-order valence-electron chi connectivity index (χ2n) is 4.22. The van der Waals surface area contributed by atoms with Crippen LogP contribution < -0.4 is 5.32 Å². The first kappa shape index (κ1) is 10.8. The third-order valence-corrected chi connectivity index (χ3v) is 3.17. The van der Waals surface area contributed by atoms with Crippen LogP contribution in [-0.2, 0) is 0 Å². The summed E-state index contributed by atoms with van der Waals surface area (Å²) in [5, 5.41) is 3.58. The Kier molecular flexibility index (Phi) is 5.14. The molecular weight excluding hydrogens is 158 g/mol.